The molecule has 60 heavy (non-hydrogen) atoms. The van der Waals surface area contributed by atoms with Crippen LogP contribution in [0.2, 0.25) is 0 Å². The smallest absolute Gasteiger partial charge is 0.0726 e. The quantitative estimate of drug-likeness (QED) is 0.172. The molecule has 0 bridgehead atoms. The van der Waals surface area contributed by atoms with Gasteiger partial charge in [-0.2, -0.15) is 0 Å². The zero-order valence-electron chi connectivity index (χ0n) is 37.6. The second-order valence-corrected chi connectivity index (χ2v) is 20.6. The minimum absolute atomic E-state index is 0.0158. The Morgan fingerprint density at radius 3 is 1.57 bits per heavy atom. The van der Waals surface area contributed by atoms with Gasteiger partial charge in [0.15, 0.2) is 0 Å². The lowest BCUT2D eigenvalue weighted by molar-refractivity contribution is 0.586. The Balaban J connectivity index is 1.22. The molecule has 0 radical (unpaired) electrons. The van der Waals surface area contributed by atoms with Crippen molar-refractivity contribution >= 4 is 17.1 Å². The van der Waals surface area contributed by atoms with Crippen LogP contribution in [0.4, 0.5) is 17.1 Å². The molecule has 4 aliphatic rings. The zero-order chi connectivity index (χ0) is 42.3. The summed E-state index contributed by atoms with van der Waals surface area (Å²) in [4.78, 5) is 2.50. The van der Waals surface area contributed by atoms with Crippen molar-refractivity contribution in [3.05, 3.63) is 196 Å². The average molecular weight is 781 g/mol. The molecule has 0 saturated heterocycles. The SMILES string of the molecule is [2H]C1(c2ccccc2N(c2ccc3c(c2)-c2ccccc2C3(C)C)c2ccc3c(c2)C2(c4ccccc4-3)c3cc(C(C)(C)C)ccc3-c3ccc(C(C)(C)C)cc32)CCCC1. The molecule has 1 fully saturated rings. The molecule has 0 atom stereocenters. The number of para-hydroxylation sites is 1. The van der Waals surface area contributed by atoms with Crippen LogP contribution in [0.15, 0.2) is 146 Å². The lowest BCUT2D eigenvalue weighted by Crippen LogP contribution is -2.27. The van der Waals surface area contributed by atoms with Gasteiger partial charge in [0.1, 0.15) is 0 Å². The van der Waals surface area contributed by atoms with E-state index in [9.17, 15) is 1.37 Å². The van der Waals surface area contributed by atoms with E-state index in [1.807, 2.05) is 0 Å². The zero-order valence-corrected chi connectivity index (χ0v) is 36.6. The van der Waals surface area contributed by atoms with Gasteiger partial charge in [-0.05, 0) is 143 Å². The fourth-order valence-electron chi connectivity index (χ4n) is 11.6. The molecule has 11 rings (SSSR count). The van der Waals surface area contributed by atoms with E-state index < -0.39 is 11.3 Å². The van der Waals surface area contributed by atoms with Crippen molar-refractivity contribution in [2.45, 2.75) is 109 Å². The fraction of sp³-hybridized carbons (Fsp3) is 0.288. The second kappa shape index (κ2) is 12.9. The van der Waals surface area contributed by atoms with Crippen molar-refractivity contribution in [3.63, 3.8) is 0 Å². The highest BCUT2D eigenvalue weighted by atomic mass is 15.1. The molecule has 298 valence electrons. The molecule has 0 aliphatic heterocycles. The van der Waals surface area contributed by atoms with Gasteiger partial charge in [0.25, 0.3) is 0 Å². The molecule has 0 amide bonds. The Kier molecular flexibility index (Phi) is 7.80. The average Bonchev–Trinajstić information content (AvgIpc) is 3.96. The second-order valence-electron chi connectivity index (χ2n) is 20.6. The van der Waals surface area contributed by atoms with Crippen LogP contribution in [-0.4, -0.2) is 0 Å². The van der Waals surface area contributed by atoms with Gasteiger partial charge in [-0.3, -0.25) is 0 Å². The molecule has 4 aliphatic carbocycles. The summed E-state index contributed by atoms with van der Waals surface area (Å²) in [5, 5.41) is 0. The third-order valence-corrected chi connectivity index (χ3v) is 14.7. The van der Waals surface area contributed by atoms with Crippen LogP contribution in [0.1, 0.15) is 138 Å². The maximum atomic E-state index is 9.97. The molecule has 0 heterocycles. The van der Waals surface area contributed by atoms with Crippen molar-refractivity contribution in [2.75, 3.05) is 4.90 Å². The Bertz CT molecular complexity index is 2880. The number of hydrogen-bond donors (Lipinski definition) is 0. The summed E-state index contributed by atoms with van der Waals surface area (Å²) in [5.41, 5.74) is 22.6. The van der Waals surface area contributed by atoms with Gasteiger partial charge in [0.05, 0.1) is 5.41 Å². The Morgan fingerprint density at radius 1 is 0.467 bits per heavy atom. The molecule has 0 aromatic heterocycles. The molecule has 1 heteroatoms. The summed E-state index contributed by atoms with van der Waals surface area (Å²) in [6.45, 7) is 18.7. The highest BCUT2D eigenvalue weighted by molar-refractivity contribution is 5.97. The summed E-state index contributed by atoms with van der Waals surface area (Å²) < 4.78 is 9.97. The van der Waals surface area contributed by atoms with Crippen LogP contribution < -0.4 is 4.90 Å². The monoisotopic (exact) mass is 780 g/mol. The highest BCUT2D eigenvalue weighted by Crippen LogP contribution is 2.64. The van der Waals surface area contributed by atoms with Gasteiger partial charge >= 0.3 is 0 Å². The molecular weight excluding hydrogens is 723 g/mol. The van der Waals surface area contributed by atoms with Crippen LogP contribution in [0.3, 0.4) is 0 Å². The van der Waals surface area contributed by atoms with Crippen LogP contribution in [-0.2, 0) is 21.7 Å². The van der Waals surface area contributed by atoms with Gasteiger partial charge in [0, 0.05) is 23.8 Å². The maximum absolute atomic E-state index is 9.97. The van der Waals surface area contributed by atoms with E-state index >= 15 is 0 Å². The first-order chi connectivity index (χ1) is 29.1. The summed E-state index contributed by atoms with van der Waals surface area (Å²) in [6, 6.07) is 56.1. The standard InChI is InChI=1S/C59H57N/c1-56(2,3)38-25-29-45-46-30-26-39(57(4,5)6)34-53(46)59(52(45)33-38)51-23-15-12-20-43(51)47-31-27-41(36-54(47)59)60(55-24-16-13-19-42(55)37-17-9-10-18-37)40-28-32-50-48(35-40)44-21-11-14-22-49(44)58(50,7)8/h11-16,19-37H,9-10,17-18H2,1-8H3/i37D. The molecule has 7 aromatic rings. The Morgan fingerprint density at radius 2 is 0.933 bits per heavy atom. The lowest BCUT2D eigenvalue weighted by Gasteiger charge is -2.34. The van der Waals surface area contributed by atoms with Gasteiger partial charge < -0.3 is 4.90 Å². The normalized spacial score (nSPS) is 17.4. The molecular formula is C59H57N. The molecule has 1 spiro atoms. The van der Waals surface area contributed by atoms with Gasteiger partial charge in [-0.25, -0.2) is 0 Å². The van der Waals surface area contributed by atoms with E-state index in [0.717, 1.165) is 48.3 Å². The summed E-state index contributed by atoms with van der Waals surface area (Å²) >= 11 is 0. The van der Waals surface area contributed by atoms with Crippen LogP contribution in [0, 0.1) is 0 Å². The van der Waals surface area contributed by atoms with Crippen molar-refractivity contribution in [2.24, 2.45) is 0 Å². The fourth-order valence-corrected chi connectivity index (χ4v) is 11.6. The molecule has 7 aromatic carbocycles. The van der Waals surface area contributed by atoms with E-state index in [4.69, 9.17) is 0 Å². The van der Waals surface area contributed by atoms with Crippen LogP contribution >= 0.6 is 0 Å². The van der Waals surface area contributed by atoms with E-state index in [1.165, 1.54) is 77.9 Å². The largest absolute Gasteiger partial charge is 0.310 e. The number of benzene rings is 7. The van der Waals surface area contributed by atoms with E-state index in [-0.39, 0.29) is 16.2 Å². The van der Waals surface area contributed by atoms with Crippen molar-refractivity contribution in [1.82, 2.24) is 0 Å². The first kappa shape index (κ1) is 36.2. The molecule has 0 N–H and O–H groups in total. The van der Waals surface area contributed by atoms with Gasteiger partial charge in [0.2, 0.25) is 0 Å². The van der Waals surface area contributed by atoms with E-state index in [0.29, 0.717) is 0 Å². The van der Waals surface area contributed by atoms with E-state index in [1.54, 1.807) is 0 Å². The first-order valence-electron chi connectivity index (χ1n) is 22.8. The summed E-state index contributed by atoms with van der Waals surface area (Å²) in [5.74, 6) is -0.635. The van der Waals surface area contributed by atoms with Gasteiger partial charge in [-0.15, -0.1) is 0 Å². The van der Waals surface area contributed by atoms with Gasteiger partial charge in [-0.1, -0.05) is 183 Å². The van der Waals surface area contributed by atoms with Crippen LogP contribution in [0.5, 0.6) is 0 Å². The summed E-state index contributed by atoms with van der Waals surface area (Å²) in [6.07, 6.45) is 3.94. The number of nitrogens with zero attached hydrogens (tertiary/aromatic N) is 1. The molecule has 0 unspecified atom stereocenters. The predicted octanol–water partition coefficient (Wildman–Crippen LogP) is 16.1. The first-order valence-corrected chi connectivity index (χ1v) is 22.3. The number of rotatable bonds is 4. The Hall–Kier alpha value is -5.66. The number of anilines is 3. The Labute approximate surface area is 359 Å². The minimum atomic E-state index is -0.635. The third-order valence-electron chi connectivity index (χ3n) is 14.7. The highest BCUT2D eigenvalue weighted by Gasteiger charge is 2.52. The maximum Gasteiger partial charge on any atom is 0.0726 e. The third kappa shape index (κ3) is 5.23. The number of fused-ring (bicyclic) bond motifs is 13. The van der Waals surface area contributed by atoms with Crippen LogP contribution in [0.25, 0.3) is 33.4 Å². The van der Waals surface area contributed by atoms with Crippen molar-refractivity contribution in [1.29, 1.82) is 0 Å². The molecule has 1 saturated carbocycles. The topological polar surface area (TPSA) is 3.24 Å². The van der Waals surface area contributed by atoms with Crippen molar-refractivity contribution < 1.29 is 1.37 Å². The predicted molar refractivity (Wildman–Crippen MR) is 254 cm³/mol. The molecule has 1 nitrogen and oxygen atoms in total. The van der Waals surface area contributed by atoms with Crippen molar-refractivity contribution in [3.8, 4) is 33.4 Å². The summed E-state index contributed by atoms with van der Waals surface area (Å²) in [7, 11) is 0. The minimum Gasteiger partial charge on any atom is -0.310 e. The number of hydrogen-bond acceptors (Lipinski definition) is 1. The van der Waals surface area contributed by atoms with E-state index in [2.05, 4.69) is 206 Å². The lowest BCUT2D eigenvalue weighted by atomic mass is 9.68.